The van der Waals surface area contributed by atoms with Crippen LogP contribution in [0.25, 0.3) is 0 Å². The van der Waals surface area contributed by atoms with Crippen LogP contribution < -0.4 is 5.32 Å². The smallest absolute Gasteiger partial charge is 0.226 e. The molecule has 1 amide bonds. The Balaban J connectivity index is 1.51. The molecule has 1 aromatic carbocycles. The Morgan fingerprint density at radius 2 is 1.71 bits per heavy atom. The van der Waals surface area contributed by atoms with E-state index < -0.39 is 45.8 Å². The molecule has 0 spiro atoms. The lowest BCUT2D eigenvalue weighted by Gasteiger charge is -2.27. The number of carbonyl (C=O) groups is 4. The van der Waals surface area contributed by atoms with E-state index in [4.69, 9.17) is 9.47 Å². The van der Waals surface area contributed by atoms with Gasteiger partial charge in [-0.1, -0.05) is 23.8 Å². The molecule has 2 aliphatic heterocycles. The van der Waals surface area contributed by atoms with E-state index in [-0.39, 0.29) is 48.1 Å². The van der Waals surface area contributed by atoms with Crippen LogP contribution >= 0.6 is 0 Å². The number of sulfone groups is 1. The summed E-state index contributed by atoms with van der Waals surface area (Å²) in [7, 11) is -3.43. The van der Waals surface area contributed by atoms with E-state index in [1.807, 2.05) is 4.90 Å². The number of hydrogen-bond acceptors (Lipinski definition) is 10. The summed E-state index contributed by atoms with van der Waals surface area (Å²) in [6.07, 6.45) is 7.38. The predicted molar refractivity (Wildman–Crippen MR) is 166 cm³/mol. The number of ether oxygens (including phenoxy) is 2. The highest BCUT2D eigenvalue weighted by Gasteiger charge is 2.50. The second-order valence-electron chi connectivity index (χ2n) is 12.8. The minimum Gasteiger partial charge on any atom is -0.396 e. The average molecular weight is 647 g/mol. The first-order chi connectivity index (χ1) is 21.4. The van der Waals surface area contributed by atoms with Gasteiger partial charge in [-0.05, 0) is 63.1 Å². The maximum absolute atomic E-state index is 13.9. The van der Waals surface area contributed by atoms with Gasteiger partial charge >= 0.3 is 0 Å². The van der Waals surface area contributed by atoms with Crippen molar-refractivity contribution >= 4 is 33.1 Å². The van der Waals surface area contributed by atoms with Gasteiger partial charge in [0.05, 0.1) is 49.8 Å². The summed E-state index contributed by atoms with van der Waals surface area (Å²) in [5.41, 5.74) is 0.844. The Morgan fingerprint density at radius 1 is 1.02 bits per heavy atom. The van der Waals surface area contributed by atoms with Gasteiger partial charge in [-0.3, -0.25) is 24.1 Å². The molecular weight excluding hydrogens is 600 g/mol. The van der Waals surface area contributed by atoms with Crippen LogP contribution in [0, 0.1) is 11.8 Å². The van der Waals surface area contributed by atoms with Crippen LogP contribution in [0.2, 0.25) is 0 Å². The topological polar surface area (TPSA) is 160 Å². The molecule has 3 aliphatic rings. The molecule has 12 heteroatoms. The van der Waals surface area contributed by atoms with E-state index in [1.165, 1.54) is 12.1 Å². The van der Waals surface area contributed by atoms with Gasteiger partial charge in [0, 0.05) is 38.1 Å². The quantitative estimate of drug-likeness (QED) is 0.189. The molecule has 0 saturated carbocycles. The molecule has 45 heavy (non-hydrogen) atoms. The molecule has 1 aliphatic carbocycles. The number of allylic oxidation sites excluding steroid dienone is 2. The molecule has 4 atom stereocenters. The highest BCUT2D eigenvalue weighted by Crippen LogP contribution is 2.35. The summed E-state index contributed by atoms with van der Waals surface area (Å²) in [6, 6.07) is 5.01. The van der Waals surface area contributed by atoms with E-state index >= 15 is 0 Å². The lowest BCUT2D eigenvalue weighted by Crippen LogP contribution is -2.47. The third-order valence-electron chi connectivity index (χ3n) is 8.88. The Bertz CT molecular complexity index is 1360. The highest BCUT2D eigenvalue weighted by atomic mass is 32.2. The van der Waals surface area contributed by atoms with Crippen LogP contribution in [-0.4, -0.2) is 106 Å². The van der Waals surface area contributed by atoms with Crippen LogP contribution in [0.4, 0.5) is 0 Å². The lowest BCUT2D eigenvalue weighted by molar-refractivity contribution is -0.135. The number of morpholine rings is 1. The zero-order valence-corrected chi connectivity index (χ0v) is 27.1. The summed E-state index contributed by atoms with van der Waals surface area (Å²) >= 11 is 0. The van der Waals surface area contributed by atoms with Gasteiger partial charge in [0.15, 0.2) is 21.4 Å². The molecule has 0 aromatic heterocycles. The van der Waals surface area contributed by atoms with Crippen LogP contribution in [0.3, 0.4) is 0 Å². The highest BCUT2D eigenvalue weighted by molar-refractivity contribution is 7.90. The second kappa shape index (κ2) is 15.7. The van der Waals surface area contributed by atoms with Gasteiger partial charge in [-0.25, -0.2) is 8.42 Å². The fourth-order valence-corrected chi connectivity index (χ4v) is 6.59. The maximum Gasteiger partial charge on any atom is 0.226 e. The van der Waals surface area contributed by atoms with Crippen LogP contribution in [0.15, 0.2) is 40.8 Å². The normalized spacial score (nSPS) is 22.5. The minimum absolute atomic E-state index is 0.0475. The van der Waals surface area contributed by atoms with Crippen molar-refractivity contribution < 1.29 is 42.2 Å². The van der Waals surface area contributed by atoms with E-state index in [9.17, 15) is 32.7 Å². The van der Waals surface area contributed by atoms with Crippen molar-refractivity contribution in [3.05, 3.63) is 41.5 Å². The molecule has 2 saturated heterocycles. The van der Waals surface area contributed by atoms with Gasteiger partial charge in [0.25, 0.3) is 0 Å². The number of benzene rings is 1. The molecule has 2 heterocycles. The van der Waals surface area contributed by atoms with Crippen molar-refractivity contribution in [3.63, 3.8) is 0 Å². The number of epoxide rings is 1. The molecule has 0 radical (unpaired) electrons. The second-order valence-corrected chi connectivity index (χ2v) is 14.8. The van der Waals surface area contributed by atoms with Crippen molar-refractivity contribution in [2.45, 2.75) is 74.8 Å². The summed E-state index contributed by atoms with van der Waals surface area (Å²) in [4.78, 5) is 55.7. The predicted octanol–water partition coefficient (Wildman–Crippen LogP) is 1.84. The molecule has 2 fully saturated rings. The number of ketones is 3. The van der Waals surface area contributed by atoms with Crippen LogP contribution in [-0.2, 0) is 44.9 Å². The lowest BCUT2D eigenvalue weighted by atomic mass is 9.81. The van der Waals surface area contributed by atoms with Gasteiger partial charge in [0.2, 0.25) is 5.91 Å². The fraction of sp³-hybridized carbons (Fsp3) is 0.636. The van der Waals surface area contributed by atoms with Crippen molar-refractivity contribution in [2.75, 3.05) is 52.3 Å². The largest absolute Gasteiger partial charge is 0.396 e. The Morgan fingerprint density at radius 3 is 2.29 bits per heavy atom. The molecule has 4 rings (SSSR count). The monoisotopic (exact) mass is 646 g/mol. The SMILES string of the molecule is CC1(C(=O)C(CC(=O)C(Cc2ccc(S(C)(=O)=O)cc2)NC(=O)C(CO)CC(=O)CN2CCOCC2)CC2=CCCCC2)CO1. The first kappa shape index (κ1) is 35.1. The number of hydrogen-bond donors (Lipinski definition) is 2. The summed E-state index contributed by atoms with van der Waals surface area (Å²) in [5.74, 6) is -2.99. The van der Waals surface area contributed by atoms with Crippen LogP contribution in [0.5, 0.6) is 0 Å². The zero-order chi connectivity index (χ0) is 32.6. The van der Waals surface area contributed by atoms with Gasteiger partial charge in [-0.2, -0.15) is 0 Å². The molecule has 4 unspecified atom stereocenters. The molecule has 2 N–H and O–H groups in total. The molecule has 1 aromatic rings. The van der Waals surface area contributed by atoms with Crippen molar-refractivity contribution in [1.82, 2.24) is 10.2 Å². The van der Waals surface area contributed by atoms with E-state index in [0.717, 1.165) is 37.5 Å². The summed E-state index contributed by atoms with van der Waals surface area (Å²) < 4.78 is 34.7. The number of nitrogens with one attached hydrogen (secondary N) is 1. The number of aliphatic hydroxyl groups is 1. The molecule has 11 nitrogen and oxygen atoms in total. The number of aliphatic hydroxyl groups excluding tert-OH is 1. The van der Waals surface area contributed by atoms with Gasteiger partial charge in [0.1, 0.15) is 11.4 Å². The third-order valence-corrected chi connectivity index (χ3v) is 10.0. The first-order valence-electron chi connectivity index (χ1n) is 15.8. The molecule has 248 valence electrons. The zero-order valence-electron chi connectivity index (χ0n) is 26.3. The summed E-state index contributed by atoms with van der Waals surface area (Å²) in [5, 5.41) is 12.8. The summed E-state index contributed by atoms with van der Waals surface area (Å²) in [6.45, 7) is 3.87. The number of nitrogens with zero attached hydrogens (tertiary/aromatic N) is 1. The van der Waals surface area contributed by atoms with Crippen molar-refractivity contribution in [2.24, 2.45) is 11.8 Å². The standard InChI is InChI=1S/C33H46N2O9S/c1-33(22-44-33)31(39)25(16-23-6-4-3-5-7-23)19-30(38)29(17-24-8-10-28(11-9-24)45(2,41)42)34-32(40)26(21-36)18-27(37)20-35-12-14-43-15-13-35/h6,8-11,25-26,29,36H,3-5,7,12-22H2,1-2H3,(H,34,40). The van der Waals surface area contributed by atoms with Crippen molar-refractivity contribution in [1.29, 1.82) is 0 Å². The number of Topliss-reactive ketones (excluding diaryl/α,β-unsaturated/α-hetero) is 3. The molecule has 0 bridgehead atoms. The number of amides is 1. The van der Waals surface area contributed by atoms with Gasteiger partial charge in [-0.15, -0.1) is 0 Å². The minimum atomic E-state index is -3.43. The van der Waals surface area contributed by atoms with E-state index in [0.29, 0.717) is 44.9 Å². The fourth-order valence-electron chi connectivity index (χ4n) is 5.96. The Hall–Kier alpha value is -2.77. The Labute approximate surface area is 265 Å². The first-order valence-corrected chi connectivity index (χ1v) is 17.7. The third kappa shape index (κ3) is 10.4. The van der Waals surface area contributed by atoms with Gasteiger partial charge < -0.3 is 19.9 Å². The number of rotatable bonds is 17. The maximum atomic E-state index is 13.9. The average Bonchev–Trinajstić information content (AvgIpc) is 3.77. The van der Waals surface area contributed by atoms with E-state index in [1.54, 1.807) is 19.1 Å². The van der Waals surface area contributed by atoms with Crippen molar-refractivity contribution in [3.8, 4) is 0 Å². The van der Waals surface area contributed by atoms with Crippen LogP contribution in [0.1, 0.15) is 57.4 Å². The Kier molecular flexibility index (Phi) is 12.2. The molecular formula is C33H46N2O9S. The van der Waals surface area contributed by atoms with E-state index in [2.05, 4.69) is 11.4 Å². The number of carbonyl (C=O) groups excluding carboxylic acids is 4.